The van der Waals surface area contributed by atoms with E-state index in [9.17, 15) is 4.79 Å². The number of Topliss-reactive ketones (excluding diaryl/α,β-unsaturated/α-hetero) is 1. The van der Waals surface area contributed by atoms with E-state index in [1.54, 1.807) is 11.3 Å². The number of rotatable bonds is 4. The van der Waals surface area contributed by atoms with Gasteiger partial charge in [-0.25, -0.2) is 0 Å². The van der Waals surface area contributed by atoms with Crippen LogP contribution in [0.5, 0.6) is 0 Å². The first-order chi connectivity index (χ1) is 18.6. The lowest BCUT2D eigenvalue weighted by Gasteiger charge is -2.25. The summed E-state index contributed by atoms with van der Waals surface area (Å²) < 4.78 is 0. The maximum atomic E-state index is 13.3. The van der Waals surface area contributed by atoms with Crippen molar-refractivity contribution in [2.75, 3.05) is 4.90 Å². The lowest BCUT2D eigenvalue weighted by molar-refractivity contribution is 0.104. The number of hydrogen-bond acceptors (Lipinski definition) is 3. The van der Waals surface area contributed by atoms with Gasteiger partial charge in [-0.2, -0.15) is 0 Å². The van der Waals surface area contributed by atoms with Gasteiger partial charge in [0.2, 0.25) is 0 Å². The van der Waals surface area contributed by atoms with Crippen LogP contribution in [0.15, 0.2) is 121 Å². The van der Waals surface area contributed by atoms with Crippen LogP contribution in [0.3, 0.4) is 0 Å². The molecule has 182 valence electrons. The van der Waals surface area contributed by atoms with Crippen molar-refractivity contribution in [2.45, 2.75) is 6.42 Å². The minimum atomic E-state index is 0.126. The smallest absolute Gasteiger partial charge is 0.189 e. The Morgan fingerprint density at radius 1 is 0.737 bits per heavy atom. The number of fused-ring (bicyclic) bond motifs is 3. The lowest BCUT2D eigenvalue weighted by atomic mass is 10.0. The Balaban J connectivity index is 1.30. The lowest BCUT2D eigenvalue weighted by Crippen LogP contribution is -2.08. The van der Waals surface area contributed by atoms with Gasteiger partial charge in [-0.1, -0.05) is 84.4 Å². The highest BCUT2D eigenvalue weighted by Gasteiger charge is 2.26. The molecule has 0 bridgehead atoms. The van der Waals surface area contributed by atoms with E-state index in [1.807, 2.05) is 36.4 Å². The monoisotopic (exact) mass is 527 g/mol. The maximum absolute atomic E-state index is 13.3. The van der Waals surface area contributed by atoms with Crippen molar-refractivity contribution >= 4 is 72.7 Å². The number of halogens is 1. The second kappa shape index (κ2) is 9.29. The molecule has 5 aromatic carbocycles. The average Bonchev–Trinajstić information content (AvgIpc) is 3.52. The van der Waals surface area contributed by atoms with E-state index in [-0.39, 0.29) is 5.78 Å². The maximum Gasteiger partial charge on any atom is 0.189 e. The molecule has 0 unspecified atom stereocenters. The summed E-state index contributed by atoms with van der Waals surface area (Å²) >= 11 is 8.10. The summed E-state index contributed by atoms with van der Waals surface area (Å²) in [7, 11) is 0. The van der Waals surface area contributed by atoms with Crippen LogP contribution >= 0.6 is 22.9 Å². The van der Waals surface area contributed by atoms with Crippen molar-refractivity contribution in [1.82, 2.24) is 0 Å². The molecule has 0 amide bonds. The summed E-state index contributed by atoms with van der Waals surface area (Å²) in [5.74, 6) is 0.126. The highest BCUT2D eigenvalue weighted by Crippen LogP contribution is 2.43. The number of benzene rings is 5. The van der Waals surface area contributed by atoms with Gasteiger partial charge in [0, 0.05) is 38.5 Å². The van der Waals surface area contributed by atoms with E-state index in [2.05, 4.69) is 89.8 Å². The third-order valence-electron chi connectivity index (χ3n) is 7.11. The number of carbonyl (C=O) groups excluding carboxylic acids is 1. The minimum Gasteiger partial charge on any atom is -0.301 e. The number of anilines is 3. The van der Waals surface area contributed by atoms with Crippen LogP contribution in [-0.2, 0) is 6.42 Å². The predicted molar refractivity (Wildman–Crippen MR) is 161 cm³/mol. The summed E-state index contributed by atoms with van der Waals surface area (Å²) in [4.78, 5) is 16.6. The third-order valence-corrected chi connectivity index (χ3v) is 8.36. The molecule has 1 aliphatic carbocycles. The molecule has 38 heavy (non-hydrogen) atoms. The van der Waals surface area contributed by atoms with E-state index in [0.717, 1.165) is 48.7 Å². The molecular weight excluding hydrogens is 506 g/mol. The number of thiophene rings is 1. The van der Waals surface area contributed by atoms with E-state index < -0.39 is 0 Å². The van der Waals surface area contributed by atoms with Gasteiger partial charge in [0.05, 0.1) is 5.69 Å². The number of allylic oxidation sites excluding steroid dienone is 1. The van der Waals surface area contributed by atoms with Crippen LogP contribution in [-0.4, -0.2) is 5.78 Å². The Hall–Kier alpha value is -4.18. The zero-order valence-electron chi connectivity index (χ0n) is 20.4. The normalized spacial score (nSPS) is 13.9. The Morgan fingerprint density at radius 3 is 2.32 bits per heavy atom. The molecule has 0 atom stereocenters. The van der Waals surface area contributed by atoms with Crippen LogP contribution < -0.4 is 4.90 Å². The third kappa shape index (κ3) is 4.01. The van der Waals surface area contributed by atoms with Gasteiger partial charge >= 0.3 is 0 Å². The predicted octanol–water partition coefficient (Wildman–Crippen LogP) is 10.0. The molecule has 6 aromatic rings. The molecule has 1 aliphatic rings. The van der Waals surface area contributed by atoms with E-state index >= 15 is 0 Å². The van der Waals surface area contributed by atoms with Crippen LogP contribution in [0.2, 0.25) is 5.02 Å². The van der Waals surface area contributed by atoms with Gasteiger partial charge in [0.15, 0.2) is 5.78 Å². The van der Waals surface area contributed by atoms with E-state index in [4.69, 9.17) is 11.6 Å². The number of hydrogen-bond donors (Lipinski definition) is 0. The van der Waals surface area contributed by atoms with Gasteiger partial charge in [0.25, 0.3) is 0 Å². The fourth-order valence-electron chi connectivity index (χ4n) is 5.34. The van der Waals surface area contributed by atoms with E-state index in [1.165, 1.54) is 10.8 Å². The fourth-order valence-corrected chi connectivity index (χ4v) is 6.53. The molecule has 0 saturated heterocycles. The van der Waals surface area contributed by atoms with Gasteiger partial charge < -0.3 is 4.90 Å². The topological polar surface area (TPSA) is 20.3 Å². The molecule has 0 N–H and O–H groups in total. The van der Waals surface area contributed by atoms with Crippen molar-refractivity contribution < 1.29 is 4.79 Å². The first-order valence-electron chi connectivity index (χ1n) is 12.5. The Morgan fingerprint density at radius 2 is 1.47 bits per heavy atom. The minimum absolute atomic E-state index is 0.126. The number of ketones is 1. The average molecular weight is 528 g/mol. The molecule has 4 heteroatoms. The Labute approximate surface area is 230 Å². The molecule has 7 rings (SSSR count). The molecular formula is C34H22ClNOS. The highest BCUT2D eigenvalue weighted by atomic mass is 35.5. The Bertz CT molecular complexity index is 1890. The van der Waals surface area contributed by atoms with Crippen molar-refractivity contribution in [3.63, 3.8) is 0 Å². The second-order valence-electron chi connectivity index (χ2n) is 9.52. The number of carbonyl (C=O) groups is 1. The SMILES string of the molecule is O=C1/C(=C/c2ccc(N(c3cccc(Cl)c3)c3cccc4ccccc34)s2)Cc2cc3ccccc3cc21. The zero-order chi connectivity index (χ0) is 25.6. The summed E-state index contributed by atoms with van der Waals surface area (Å²) in [6.45, 7) is 0. The molecule has 0 aliphatic heterocycles. The van der Waals surface area contributed by atoms with Crippen molar-refractivity contribution in [3.8, 4) is 0 Å². The van der Waals surface area contributed by atoms with Gasteiger partial charge in [-0.15, -0.1) is 11.3 Å². The quantitative estimate of drug-likeness (QED) is 0.212. The second-order valence-corrected chi connectivity index (χ2v) is 11.1. The molecule has 0 saturated carbocycles. The van der Waals surface area contributed by atoms with Crippen LogP contribution in [0, 0.1) is 0 Å². The van der Waals surface area contributed by atoms with Crippen molar-refractivity contribution in [1.29, 1.82) is 0 Å². The van der Waals surface area contributed by atoms with Gasteiger partial charge in [-0.3, -0.25) is 4.79 Å². The first-order valence-corrected chi connectivity index (χ1v) is 13.7. The highest BCUT2D eigenvalue weighted by molar-refractivity contribution is 7.17. The molecule has 1 heterocycles. The summed E-state index contributed by atoms with van der Waals surface area (Å²) in [5, 5.41) is 6.37. The van der Waals surface area contributed by atoms with Crippen molar-refractivity contribution in [3.05, 3.63) is 142 Å². The number of nitrogens with zero attached hydrogens (tertiary/aromatic N) is 1. The van der Waals surface area contributed by atoms with Gasteiger partial charge in [-0.05, 0) is 70.3 Å². The Kier molecular flexibility index (Phi) is 5.61. The van der Waals surface area contributed by atoms with Gasteiger partial charge in [0.1, 0.15) is 5.00 Å². The molecule has 1 aromatic heterocycles. The molecule has 0 fully saturated rings. The first kappa shape index (κ1) is 23.0. The van der Waals surface area contributed by atoms with Crippen LogP contribution in [0.4, 0.5) is 16.4 Å². The zero-order valence-corrected chi connectivity index (χ0v) is 22.0. The largest absolute Gasteiger partial charge is 0.301 e. The molecule has 0 radical (unpaired) electrons. The molecule has 2 nitrogen and oxygen atoms in total. The van der Waals surface area contributed by atoms with E-state index in [0.29, 0.717) is 11.4 Å². The van der Waals surface area contributed by atoms with Crippen molar-refractivity contribution in [2.24, 2.45) is 0 Å². The summed E-state index contributed by atoms with van der Waals surface area (Å²) in [6.07, 6.45) is 2.72. The van der Waals surface area contributed by atoms with Crippen LogP contribution in [0.25, 0.3) is 27.6 Å². The summed E-state index contributed by atoms with van der Waals surface area (Å²) in [5.41, 5.74) is 4.84. The summed E-state index contributed by atoms with van der Waals surface area (Å²) in [6, 6.07) is 39.3. The van der Waals surface area contributed by atoms with Crippen LogP contribution in [0.1, 0.15) is 20.8 Å². The standard InChI is InChI=1S/C34H22ClNOS/c35-27-11-6-12-28(21-27)36(32-14-5-10-22-7-3-4-13-30(22)32)33-16-15-29(38-33)19-26-18-25-17-23-8-1-2-9-24(23)20-31(25)34(26)37/h1-17,19-21H,18H2/b26-19+. The fraction of sp³-hybridized carbons (Fsp3) is 0.0294. The molecule has 0 spiro atoms.